The molecule has 1 rings (SSSR count). The molecule has 102 valence electrons. The number of aliphatic hydroxyl groups excluding tert-OH is 1. The minimum absolute atomic E-state index is 0.0141. The van der Waals surface area contributed by atoms with E-state index in [0.29, 0.717) is 5.92 Å². The van der Waals surface area contributed by atoms with Crippen molar-refractivity contribution in [1.29, 1.82) is 0 Å². The van der Waals surface area contributed by atoms with E-state index in [0.717, 1.165) is 30.0 Å². The molecule has 0 aromatic carbocycles. The number of aliphatic hydroxyl groups is 1. The number of nitrogens with zero attached hydrogens (tertiary/aromatic N) is 2. The molecule has 18 heavy (non-hydrogen) atoms. The lowest BCUT2D eigenvalue weighted by molar-refractivity contribution is 0.249. The number of hydrogen-bond donors (Lipinski definition) is 3. The summed E-state index contributed by atoms with van der Waals surface area (Å²) in [6, 6.07) is 0.0141. The van der Waals surface area contributed by atoms with Gasteiger partial charge < -0.3 is 15.7 Å². The molecule has 3 N–H and O–H groups in total. The molecule has 0 unspecified atom stereocenters. The maximum absolute atomic E-state index is 9.38. The van der Waals surface area contributed by atoms with Crippen molar-refractivity contribution in [3.63, 3.8) is 0 Å². The van der Waals surface area contributed by atoms with Gasteiger partial charge in [-0.1, -0.05) is 27.2 Å². The number of hydrogen-bond acceptors (Lipinski definition) is 5. The summed E-state index contributed by atoms with van der Waals surface area (Å²) in [6.45, 7) is 6.38. The van der Waals surface area contributed by atoms with Crippen LogP contribution in [0.15, 0.2) is 6.33 Å². The Balaban J connectivity index is 2.99. The fraction of sp³-hybridized carbons (Fsp3) is 0.692. The predicted molar refractivity (Wildman–Crippen MR) is 74.9 cm³/mol. The van der Waals surface area contributed by atoms with Gasteiger partial charge in [-0.2, -0.15) is 0 Å². The smallest absolute Gasteiger partial charge is 0.135 e. The zero-order chi connectivity index (χ0) is 13.5. The molecule has 0 radical (unpaired) electrons. The van der Waals surface area contributed by atoms with Gasteiger partial charge in [0.2, 0.25) is 0 Å². The normalized spacial score (nSPS) is 12.6. The molecular weight excluding hydrogens is 228 g/mol. The predicted octanol–water partition coefficient (Wildman–Crippen LogP) is 1.90. The third kappa shape index (κ3) is 3.57. The summed E-state index contributed by atoms with van der Waals surface area (Å²) in [4.78, 5) is 8.53. The Morgan fingerprint density at radius 2 is 1.94 bits per heavy atom. The van der Waals surface area contributed by atoms with Crippen molar-refractivity contribution in [3.8, 4) is 0 Å². The first-order valence-electron chi connectivity index (χ1n) is 6.53. The van der Waals surface area contributed by atoms with Crippen LogP contribution >= 0.6 is 0 Å². The van der Waals surface area contributed by atoms with Gasteiger partial charge in [-0.25, -0.2) is 9.97 Å². The summed E-state index contributed by atoms with van der Waals surface area (Å²) in [6.07, 6.45) is 3.49. The first-order valence-corrected chi connectivity index (χ1v) is 6.53. The zero-order valence-electron chi connectivity index (χ0n) is 11.7. The minimum atomic E-state index is 0.0141. The second-order valence-electron chi connectivity index (χ2n) is 4.73. The summed E-state index contributed by atoms with van der Waals surface area (Å²) in [5.41, 5.74) is 1.08. The van der Waals surface area contributed by atoms with Crippen LogP contribution in [0.25, 0.3) is 0 Å². The van der Waals surface area contributed by atoms with E-state index in [2.05, 4.69) is 41.4 Å². The largest absolute Gasteiger partial charge is 0.394 e. The fourth-order valence-corrected chi connectivity index (χ4v) is 1.84. The van der Waals surface area contributed by atoms with Gasteiger partial charge in [-0.05, 0) is 12.3 Å². The highest BCUT2D eigenvalue weighted by molar-refractivity contribution is 5.57. The van der Waals surface area contributed by atoms with E-state index in [1.165, 1.54) is 0 Å². The van der Waals surface area contributed by atoms with Crippen LogP contribution in [0.3, 0.4) is 0 Å². The van der Waals surface area contributed by atoms with E-state index in [9.17, 15) is 5.11 Å². The van der Waals surface area contributed by atoms with Gasteiger partial charge in [-0.15, -0.1) is 0 Å². The number of aromatic nitrogens is 2. The van der Waals surface area contributed by atoms with Crippen molar-refractivity contribution in [2.45, 2.75) is 39.7 Å². The molecule has 0 spiro atoms. The Kier molecular flexibility index (Phi) is 5.85. The molecule has 5 nitrogen and oxygen atoms in total. The topological polar surface area (TPSA) is 70.1 Å². The van der Waals surface area contributed by atoms with Crippen LogP contribution < -0.4 is 10.6 Å². The van der Waals surface area contributed by atoms with E-state index in [4.69, 9.17) is 0 Å². The van der Waals surface area contributed by atoms with Crippen molar-refractivity contribution in [2.24, 2.45) is 5.92 Å². The molecule has 5 heteroatoms. The molecule has 0 saturated heterocycles. The molecule has 1 atom stereocenters. The van der Waals surface area contributed by atoms with Crippen LogP contribution in [0.5, 0.6) is 0 Å². The molecule has 0 amide bonds. The van der Waals surface area contributed by atoms with Gasteiger partial charge in [0.15, 0.2) is 0 Å². The Morgan fingerprint density at radius 1 is 1.28 bits per heavy atom. The van der Waals surface area contributed by atoms with Crippen molar-refractivity contribution in [3.05, 3.63) is 11.9 Å². The Hall–Kier alpha value is -1.36. The van der Waals surface area contributed by atoms with Gasteiger partial charge in [0.05, 0.1) is 12.6 Å². The van der Waals surface area contributed by atoms with Crippen molar-refractivity contribution in [1.82, 2.24) is 9.97 Å². The van der Waals surface area contributed by atoms with Gasteiger partial charge in [-0.3, -0.25) is 0 Å². The molecule has 1 aromatic heterocycles. The van der Waals surface area contributed by atoms with Crippen LogP contribution in [0.4, 0.5) is 11.6 Å². The summed E-state index contributed by atoms with van der Waals surface area (Å²) < 4.78 is 0. The SMILES string of the molecule is CCCc1c(NC)ncnc1N[C@H](CO)C(C)C. The molecule has 0 fully saturated rings. The van der Waals surface area contributed by atoms with Crippen LogP contribution in [-0.4, -0.2) is 34.8 Å². The first-order chi connectivity index (χ1) is 8.63. The molecule has 1 aromatic rings. The second kappa shape index (κ2) is 7.16. The molecule has 0 aliphatic rings. The summed E-state index contributed by atoms with van der Waals surface area (Å²) in [5.74, 6) is 2.02. The molecule has 0 saturated carbocycles. The van der Waals surface area contributed by atoms with Crippen molar-refractivity contribution >= 4 is 11.6 Å². The molecule has 0 aliphatic heterocycles. The standard InChI is InChI=1S/C13H24N4O/c1-5-6-10-12(14-4)15-8-16-13(10)17-11(7-18)9(2)3/h8-9,11,18H,5-7H2,1-4H3,(H2,14,15,16,17)/t11-/m1/s1. The van der Waals surface area contributed by atoms with Crippen LogP contribution in [0.1, 0.15) is 32.8 Å². The van der Waals surface area contributed by atoms with Gasteiger partial charge in [0.25, 0.3) is 0 Å². The van der Waals surface area contributed by atoms with Crippen LogP contribution in [0, 0.1) is 5.92 Å². The highest BCUT2D eigenvalue weighted by Crippen LogP contribution is 2.22. The maximum atomic E-state index is 9.38. The first kappa shape index (κ1) is 14.7. The molecule has 0 bridgehead atoms. The number of anilines is 2. The Bertz CT molecular complexity index is 368. The van der Waals surface area contributed by atoms with Gasteiger partial charge >= 0.3 is 0 Å². The molecule has 1 heterocycles. The third-order valence-corrected chi connectivity index (χ3v) is 3.01. The number of nitrogens with one attached hydrogen (secondary N) is 2. The van der Waals surface area contributed by atoms with E-state index >= 15 is 0 Å². The Labute approximate surface area is 109 Å². The summed E-state index contributed by atoms with van der Waals surface area (Å²) >= 11 is 0. The quantitative estimate of drug-likeness (QED) is 0.691. The van der Waals surface area contributed by atoms with Crippen molar-refractivity contribution < 1.29 is 5.11 Å². The van der Waals surface area contributed by atoms with Crippen molar-refractivity contribution in [2.75, 3.05) is 24.3 Å². The average Bonchev–Trinajstić information content (AvgIpc) is 2.37. The van der Waals surface area contributed by atoms with Crippen LogP contribution in [0.2, 0.25) is 0 Å². The molecule has 0 aliphatic carbocycles. The minimum Gasteiger partial charge on any atom is -0.394 e. The zero-order valence-corrected chi connectivity index (χ0v) is 11.7. The summed E-state index contributed by atoms with van der Waals surface area (Å²) in [7, 11) is 1.86. The van der Waals surface area contributed by atoms with E-state index in [-0.39, 0.29) is 12.6 Å². The lowest BCUT2D eigenvalue weighted by Gasteiger charge is -2.22. The lowest BCUT2D eigenvalue weighted by atomic mass is 10.0. The summed E-state index contributed by atoms with van der Waals surface area (Å²) in [5, 5.41) is 15.8. The van der Waals surface area contributed by atoms with E-state index < -0.39 is 0 Å². The molecular formula is C13H24N4O. The highest BCUT2D eigenvalue weighted by atomic mass is 16.3. The highest BCUT2D eigenvalue weighted by Gasteiger charge is 2.16. The maximum Gasteiger partial charge on any atom is 0.135 e. The third-order valence-electron chi connectivity index (χ3n) is 3.01. The Morgan fingerprint density at radius 3 is 2.44 bits per heavy atom. The fourth-order valence-electron chi connectivity index (χ4n) is 1.84. The van der Waals surface area contributed by atoms with Crippen LogP contribution in [-0.2, 0) is 6.42 Å². The second-order valence-corrected chi connectivity index (χ2v) is 4.73. The average molecular weight is 252 g/mol. The van der Waals surface area contributed by atoms with Gasteiger partial charge in [0.1, 0.15) is 18.0 Å². The number of rotatable bonds is 7. The monoisotopic (exact) mass is 252 g/mol. The van der Waals surface area contributed by atoms with Gasteiger partial charge in [0, 0.05) is 12.6 Å². The van der Waals surface area contributed by atoms with E-state index in [1.54, 1.807) is 6.33 Å². The van der Waals surface area contributed by atoms with E-state index in [1.807, 2.05) is 7.05 Å². The lowest BCUT2D eigenvalue weighted by Crippen LogP contribution is -2.30.